The average molecular weight is 448 g/mol. The third kappa shape index (κ3) is 4.29. The number of fused-ring (bicyclic) bond motifs is 1. The molecule has 0 spiro atoms. The molecule has 1 aromatic heterocycles. The number of ether oxygens (including phenoxy) is 1. The maximum atomic E-state index is 12.1. The van der Waals surface area contributed by atoms with E-state index in [0.29, 0.717) is 5.75 Å². The van der Waals surface area contributed by atoms with Gasteiger partial charge in [-0.05, 0) is 32.3 Å². The van der Waals surface area contributed by atoms with Crippen molar-refractivity contribution in [2.75, 3.05) is 0 Å². The fourth-order valence-corrected chi connectivity index (χ4v) is 4.75. The van der Waals surface area contributed by atoms with Crippen LogP contribution < -0.4 is 15.8 Å². The molecule has 31 heavy (non-hydrogen) atoms. The number of benzene rings is 1. The maximum absolute atomic E-state index is 12.1. The quantitative estimate of drug-likeness (QED) is 0.362. The molecule has 11 heteroatoms. The van der Waals surface area contributed by atoms with Gasteiger partial charge in [0.1, 0.15) is 23.6 Å². The number of nitrogens with one attached hydrogen (secondary N) is 1. The van der Waals surface area contributed by atoms with Crippen molar-refractivity contribution in [3.63, 3.8) is 0 Å². The third-order valence-electron chi connectivity index (χ3n) is 5.05. The van der Waals surface area contributed by atoms with Crippen LogP contribution in [-0.2, 0) is 20.4 Å². The van der Waals surface area contributed by atoms with Crippen molar-refractivity contribution in [1.29, 1.82) is 0 Å². The van der Waals surface area contributed by atoms with Crippen molar-refractivity contribution in [2.24, 2.45) is 0 Å². The molecule has 10 nitrogen and oxygen atoms in total. The Morgan fingerprint density at radius 2 is 2.10 bits per heavy atom. The highest BCUT2D eigenvalue weighted by molar-refractivity contribution is 7.42. The average Bonchev–Trinajstić information content (AvgIpc) is 3.19. The van der Waals surface area contributed by atoms with E-state index in [1.54, 1.807) is 0 Å². The van der Waals surface area contributed by atoms with Gasteiger partial charge in [-0.3, -0.25) is 18.9 Å². The van der Waals surface area contributed by atoms with Gasteiger partial charge in [0.25, 0.3) is 5.56 Å². The summed E-state index contributed by atoms with van der Waals surface area (Å²) < 4.78 is 23.3. The van der Waals surface area contributed by atoms with Crippen molar-refractivity contribution in [3.8, 4) is 18.1 Å². The molecule has 3 atom stereocenters. The minimum atomic E-state index is -2.72. The molecule has 164 valence electrons. The van der Waals surface area contributed by atoms with E-state index in [4.69, 9.17) is 24.7 Å². The number of aromatic amines is 1. The molecule has 1 fully saturated rings. The minimum Gasteiger partial charge on any atom is -0.426 e. The molecule has 2 aliphatic rings. The molecule has 1 aromatic carbocycles. The fraction of sp³-hybridized carbons (Fsp3) is 0.400. The van der Waals surface area contributed by atoms with Crippen LogP contribution in [0.1, 0.15) is 41.3 Å². The predicted molar refractivity (Wildman–Crippen MR) is 109 cm³/mol. The van der Waals surface area contributed by atoms with Crippen LogP contribution >= 0.6 is 8.60 Å². The number of H-pyrrole nitrogens is 1. The summed E-state index contributed by atoms with van der Waals surface area (Å²) in [5.41, 5.74) is 1.35. The summed E-state index contributed by atoms with van der Waals surface area (Å²) in [6.45, 7) is 4.05. The third-order valence-corrected chi connectivity index (χ3v) is 6.14. The number of aromatic nitrogens is 2. The lowest BCUT2D eigenvalue weighted by molar-refractivity contribution is -0.346. The summed E-state index contributed by atoms with van der Waals surface area (Å²) >= 11 is 0. The van der Waals surface area contributed by atoms with Crippen LogP contribution in [-0.4, -0.2) is 31.8 Å². The maximum Gasteiger partial charge on any atom is 0.402 e. The molecule has 0 radical (unpaired) electrons. The van der Waals surface area contributed by atoms with Crippen LogP contribution in [0.5, 0.6) is 5.75 Å². The van der Waals surface area contributed by atoms with E-state index in [0.717, 1.165) is 21.3 Å². The van der Waals surface area contributed by atoms with Gasteiger partial charge in [0.2, 0.25) is 0 Å². The van der Waals surface area contributed by atoms with Crippen molar-refractivity contribution in [3.05, 3.63) is 61.4 Å². The Hall–Kier alpha value is -2.51. The normalized spacial score (nSPS) is 23.1. The summed E-state index contributed by atoms with van der Waals surface area (Å²) in [6, 6.07) is 3.87. The highest BCUT2D eigenvalue weighted by atomic mass is 31.2. The van der Waals surface area contributed by atoms with Gasteiger partial charge in [0, 0.05) is 11.8 Å². The number of aliphatic hydroxyl groups is 2. The number of aryl methyl sites for hydroxylation is 2. The van der Waals surface area contributed by atoms with E-state index in [1.165, 1.54) is 6.20 Å². The van der Waals surface area contributed by atoms with Crippen LogP contribution in [0.4, 0.5) is 0 Å². The molecule has 4 rings (SSSR count). The zero-order valence-corrected chi connectivity index (χ0v) is 17.7. The first-order chi connectivity index (χ1) is 14.7. The van der Waals surface area contributed by atoms with Crippen molar-refractivity contribution >= 4 is 8.60 Å². The van der Waals surface area contributed by atoms with Gasteiger partial charge in [-0.2, -0.15) is 0 Å². The SMILES string of the molecule is C#Cc1cn(C2CCC(C(O)(O)OP3OCc4cc(C)cc(C)c4O3)O2)c(=O)[nH]c1=O. The second-order valence-electron chi connectivity index (χ2n) is 7.42. The topological polar surface area (TPSA) is 132 Å². The molecule has 3 N–H and O–H groups in total. The number of rotatable bonds is 4. The molecule has 3 unspecified atom stereocenters. The van der Waals surface area contributed by atoms with Gasteiger partial charge in [0.05, 0.1) is 6.61 Å². The second-order valence-corrected chi connectivity index (χ2v) is 8.49. The van der Waals surface area contributed by atoms with Gasteiger partial charge < -0.3 is 19.5 Å². The number of nitrogens with zero attached hydrogens (tertiary/aromatic N) is 1. The molecular formula is C20H21N2O8P. The molecule has 0 aliphatic carbocycles. The fourth-order valence-electron chi connectivity index (χ4n) is 3.62. The molecular weight excluding hydrogens is 427 g/mol. The Balaban J connectivity index is 1.46. The molecule has 2 aromatic rings. The van der Waals surface area contributed by atoms with Crippen LogP contribution in [0.3, 0.4) is 0 Å². The largest absolute Gasteiger partial charge is 0.426 e. The zero-order valence-electron chi connectivity index (χ0n) is 16.8. The van der Waals surface area contributed by atoms with Crippen LogP contribution in [0, 0.1) is 26.2 Å². The van der Waals surface area contributed by atoms with Crippen molar-refractivity contribution < 1.29 is 28.5 Å². The van der Waals surface area contributed by atoms with E-state index in [2.05, 4.69) is 10.9 Å². The molecule has 2 aliphatic heterocycles. The van der Waals surface area contributed by atoms with Crippen LogP contribution in [0.15, 0.2) is 27.9 Å². The summed E-state index contributed by atoms with van der Waals surface area (Å²) in [5, 5.41) is 21.0. The molecule has 0 saturated carbocycles. The Morgan fingerprint density at radius 3 is 2.84 bits per heavy atom. The second kappa shape index (κ2) is 8.20. The van der Waals surface area contributed by atoms with Gasteiger partial charge in [-0.25, -0.2) is 9.32 Å². The standard InChI is InChI=1S/C20H21N2O8P/c1-4-13-9-22(19(24)21-18(13)23)16-6-5-15(28-16)20(25,26)30-31-27-10-14-8-11(2)7-12(3)17(14)29-31/h1,7-9,15-16,25-26H,5-6,10H2,2-3H3,(H,21,23,24). The van der Waals surface area contributed by atoms with Gasteiger partial charge in [-0.1, -0.05) is 23.6 Å². The first-order valence-corrected chi connectivity index (χ1v) is 10.6. The van der Waals surface area contributed by atoms with Gasteiger partial charge in [-0.15, -0.1) is 6.42 Å². The summed E-state index contributed by atoms with van der Waals surface area (Å²) in [4.78, 5) is 25.9. The van der Waals surface area contributed by atoms with E-state index >= 15 is 0 Å². The summed E-state index contributed by atoms with van der Waals surface area (Å²) in [5.74, 6) is 0.0487. The Kier molecular flexibility index (Phi) is 5.75. The van der Waals surface area contributed by atoms with Gasteiger partial charge >= 0.3 is 20.3 Å². The zero-order chi connectivity index (χ0) is 22.3. The molecule has 1 saturated heterocycles. The Labute approximate surface area is 178 Å². The summed E-state index contributed by atoms with van der Waals surface area (Å²) in [6.07, 6.45) is 4.83. The van der Waals surface area contributed by atoms with Crippen molar-refractivity contribution in [2.45, 2.75) is 51.6 Å². The first kappa shape index (κ1) is 21.7. The smallest absolute Gasteiger partial charge is 0.402 e. The monoisotopic (exact) mass is 448 g/mol. The number of terminal acetylenes is 1. The molecule has 0 amide bonds. The lowest BCUT2D eigenvalue weighted by atomic mass is 10.1. The first-order valence-electron chi connectivity index (χ1n) is 9.50. The number of hydrogen-bond donors (Lipinski definition) is 3. The van der Waals surface area contributed by atoms with Gasteiger partial charge in [0.15, 0.2) is 0 Å². The van der Waals surface area contributed by atoms with E-state index in [9.17, 15) is 19.8 Å². The molecule has 3 heterocycles. The Bertz CT molecular complexity index is 1170. The van der Waals surface area contributed by atoms with Crippen LogP contribution in [0.25, 0.3) is 0 Å². The highest BCUT2D eigenvalue weighted by Crippen LogP contribution is 2.51. The lowest BCUT2D eigenvalue weighted by Crippen LogP contribution is -2.44. The van der Waals surface area contributed by atoms with Crippen LogP contribution in [0.2, 0.25) is 0 Å². The Morgan fingerprint density at radius 1 is 1.32 bits per heavy atom. The highest BCUT2D eigenvalue weighted by Gasteiger charge is 2.47. The van der Waals surface area contributed by atoms with Crippen molar-refractivity contribution in [1.82, 2.24) is 9.55 Å². The van der Waals surface area contributed by atoms with E-state index < -0.39 is 38.2 Å². The van der Waals surface area contributed by atoms with E-state index in [1.807, 2.05) is 26.0 Å². The summed E-state index contributed by atoms with van der Waals surface area (Å²) in [7, 11) is -2.10. The lowest BCUT2D eigenvalue weighted by Gasteiger charge is -2.32. The predicted octanol–water partition coefficient (Wildman–Crippen LogP) is 1.30. The number of hydrogen-bond acceptors (Lipinski definition) is 8. The molecule has 0 bridgehead atoms. The van der Waals surface area contributed by atoms with E-state index in [-0.39, 0.29) is 25.0 Å². The minimum absolute atomic E-state index is 0.0427.